The molecule has 1 N–H and O–H groups in total. The van der Waals surface area contributed by atoms with E-state index in [1.807, 2.05) is 0 Å². The predicted octanol–water partition coefficient (Wildman–Crippen LogP) is 0.935. The fourth-order valence-electron chi connectivity index (χ4n) is 0.394. The van der Waals surface area contributed by atoms with E-state index in [-0.39, 0.29) is 0 Å². The third-order valence-electron chi connectivity index (χ3n) is 1.08. The summed E-state index contributed by atoms with van der Waals surface area (Å²) in [5.74, 6) is -0.896. The van der Waals surface area contributed by atoms with Gasteiger partial charge in [0, 0.05) is 6.54 Å². The summed E-state index contributed by atoms with van der Waals surface area (Å²) in [5.41, 5.74) is 0. The van der Waals surface area contributed by atoms with Crippen molar-refractivity contribution in [2.45, 2.75) is 19.9 Å². The molecule has 0 aromatic rings. The average molecular weight is 152 g/mol. The summed E-state index contributed by atoms with van der Waals surface area (Å²) in [6.07, 6.45) is 0. The smallest absolute Gasteiger partial charge is 0.321 e. The number of likely N-dealkylation sites (N-methyl/N-ethyl adjacent to an activating group) is 1. The Labute approximate surface area is 59.3 Å². The van der Waals surface area contributed by atoms with Gasteiger partial charge in [-0.25, -0.2) is 4.42 Å². The second-order valence-electron chi connectivity index (χ2n) is 1.73. The monoisotopic (exact) mass is 151 g/mol. The Hall–Kier alpha value is -0.280. The van der Waals surface area contributed by atoms with E-state index in [0.29, 0.717) is 6.54 Å². The topological polar surface area (TPSA) is 40.5 Å². The highest BCUT2D eigenvalue weighted by Gasteiger charge is 2.15. The molecule has 0 aliphatic carbocycles. The molecule has 0 saturated heterocycles. The van der Waals surface area contributed by atoms with Gasteiger partial charge in [-0.15, -0.1) is 0 Å². The minimum atomic E-state index is -0.896. The van der Waals surface area contributed by atoms with Crippen LogP contribution in [-0.2, 0) is 4.79 Å². The minimum Gasteiger partial charge on any atom is -0.480 e. The van der Waals surface area contributed by atoms with Gasteiger partial charge in [0.15, 0.2) is 0 Å². The molecule has 4 heteroatoms. The largest absolute Gasteiger partial charge is 0.480 e. The number of rotatable bonds is 3. The van der Waals surface area contributed by atoms with E-state index in [9.17, 15) is 4.79 Å². The number of halogens is 1. The molecule has 0 aliphatic heterocycles. The molecule has 0 aromatic carbocycles. The summed E-state index contributed by atoms with van der Waals surface area (Å²) in [5, 5.41) is 8.36. The lowest BCUT2D eigenvalue weighted by atomic mass is 10.3. The Morgan fingerprint density at radius 3 is 2.44 bits per heavy atom. The first-order valence-corrected chi connectivity index (χ1v) is 3.08. The molecule has 0 rings (SSSR count). The average Bonchev–Trinajstić information content (AvgIpc) is 1.84. The lowest BCUT2D eigenvalue weighted by Gasteiger charge is -2.14. The fourth-order valence-corrected chi connectivity index (χ4v) is 0.477. The first-order valence-electron chi connectivity index (χ1n) is 2.74. The van der Waals surface area contributed by atoms with Crippen molar-refractivity contribution < 1.29 is 9.90 Å². The van der Waals surface area contributed by atoms with Gasteiger partial charge in [0.2, 0.25) is 0 Å². The summed E-state index contributed by atoms with van der Waals surface area (Å²) < 4.78 is 1.24. The molecule has 0 bridgehead atoms. The molecule has 9 heavy (non-hydrogen) atoms. The van der Waals surface area contributed by atoms with Crippen LogP contribution in [0.25, 0.3) is 0 Å². The molecule has 0 aliphatic rings. The van der Waals surface area contributed by atoms with Crippen LogP contribution in [0.4, 0.5) is 0 Å². The quantitative estimate of drug-likeness (QED) is 0.611. The summed E-state index contributed by atoms with van der Waals surface area (Å²) in [6, 6.07) is -0.600. The SMILES string of the molecule is CCN(Cl)C(C)C(=O)O. The molecule has 0 amide bonds. The number of carboxylic acid groups (broad SMARTS) is 1. The minimum absolute atomic E-state index is 0.537. The number of hydrogen-bond acceptors (Lipinski definition) is 2. The third kappa shape index (κ3) is 2.67. The van der Waals surface area contributed by atoms with E-state index in [2.05, 4.69) is 0 Å². The van der Waals surface area contributed by atoms with Gasteiger partial charge in [-0.2, -0.15) is 0 Å². The zero-order chi connectivity index (χ0) is 7.44. The van der Waals surface area contributed by atoms with Crippen LogP contribution in [-0.4, -0.2) is 28.1 Å². The maximum Gasteiger partial charge on any atom is 0.321 e. The Balaban J connectivity index is 3.72. The molecule has 0 fully saturated rings. The number of aliphatic carboxylic acids is 1. The van der Waals surface area contributed by atoms with Crippen LogP contribution in [0.3, 0.4) is 0 Å². The van der Waals surface area contributed by atoms with Crippen LogP contribution in [0.15, 0.2) is 0 Å². The third-order valence-corrected chi connectivity index (χ3v) is 1.61. The maximum atomic E-state index is 10.2. The van der Waals surface area contributed by atoms with E-state index in [1.165, 1.54) is 4.42 Å². The zero-order valence-corrected chi connectivity index (χ0v) is 6.22. The van der Waals surface area contributed by atoms with Crippen LogP contribution in [0.1, 0.15) is 13.8 Å². The highest BCUT2D eigenvalue weighted by molar-refractivity contribution is 6.14. The molecule has 0 aromatic heterocycles. The van der Waals surface area contributed by atoms with Crippen LogP contribution in [0, 0.1) is 0 Å². The van der Waals surface area contributed by atoms with Gasteiger partial charge in [0.25, 0.3) is 0 Å². The van der Waals surface area contributed by atoms with Crippen LogP contribution in [0.2, 0.25) is 0 Å². The first-order chi connectivity index (χ1) is 4.09. The van der Waals surface area contributed by atoms with Crippen molar-refractivity contribution in [3.05, 3.63) is 0 Å². The Bertz CT molecular complexity index is 107. The molecule has 1 unspecified atom stereocenters. The standard InChI is InChI=1S/C5H10ClNO2/c1-3-7(6)4(2)5(8)9/h4H,3H2,1-2H3,(H,8,9). The van der Waals surface area contributed by atoms with Crippen LogP contribution >= 0.6 is 11.8 Å². The number of carboxylic acids is 1. The van der Waals surface area contributed by atoms with Gasteiger partial charge in [-0.1, -0.05) is 6.92 Å². The summed E-state index contributed by atoms with van der Waals surface area (Å²) in [7, 11) is 0. The van der Waals surface area contributed by atoms with Crippen LogP contribution in [0.5, 0.6) is 0 Å². The van der Waals surface area contributed by atoms with Gasteiger partial charge >= 0.3 is 5.97 Å². The van der Waals surface area contributed by atoms with Crippen molar-refractivity contribution in [2.24, 2.45) is 0 Å². The zero-order valence-electron chi connectivity index (χ0n) is 5.47. The predicted molar refractivity (Wildman–Crippen MR) is 35.3 cm³/mol. The lowest BCUT2D eigenvalue weighted by Crippen LogP contribution is -2.31. The van der Waals surface area contributed by atoms with E-state index >= 15 is 0 Å². The van der Waals surface area contributed by atoms with Crippen molar-refractivity contribution in [1.29, 1.82) is 0 Å². The Morgan fingerprint density at radius 2 is 2.33 bits per heavy atom. The highest BCUT2D eigenvalue weighted by atomic mass is 35.5. The summed E-state index contributed by atoms with van der Waals surface area (Å²) >= 11 is 5.46. The van der Waals surface area contributed by atoms with E-state index in [1.54, 1.807) is 13.8 Å². The second-order valence-corrected chi connectivity index (χ2v) is 2.16. The molecule has 0 radical (unpaired) electrons. The second kappa shape index (κ2) is 3.69. The maximum absolute atomic E-state index is 10.2. The van der Waals surface area contributed by atoms with E-state index in [0.717, 1.165) is 0 Å². The highest BCUT2D eigenvalue weighted by Crippen LogP contribution is 2.00. The number of hydrogen-bond donors (Lipinski definition) is 1. The molecular weight excluding hydrogens is 142 g/mol. The van der Waals surface area contributed by atoms with Gasteiger partial charge in [-0.3, -0.25) is 4.79 Å². The van der Waals surface area contributed by atoms with Gasteiger partial charge < -0.3 is 5.11 Å². The van der Waals surface area contributed by atoms with Gasteiger partial charge in [0.1, 0.15) is 6.04 Å². The van der Waals surface area contributed by atoms with E-state index in [4.69, 9.17) is 16.9 Å². The van der Waals surface area contributed by atoms with Crippen LogP contribution < -0.4 is 0 Å². The molecule has 54 valence electrons. The fraction of sp³-hybridized carbons (Fsp3) is 0.800. The number of carbonyl (C=O) groups is 1. The van der Waals surface area contributed by atoms with Crippen molar-refractivity contribution in [3.63, 3.8) is 0 Å². The number of nitrogens with zero attached hydrogens (tertiary/aromatic N) is 1. The molecule has 0 spiro atoms. The summed E-state index contributed by atoms with van der Waals surface area (Å²) in [6.45, 7) is 3.88. The van der Waals surface area contributed by atoms with E-state index < -0.39 is 12.0 Å². The molecule has 0 saturated carbocycles. The molecular formula is C5H10ClNO2. The normalized spacial score (nSPS) is 13.8. The lowest BCUT2D eigenvalue weighted by molar-refractivity contribution is -0.140. The van der Waals surface area contributed by atoms with Crippen molar-refractivity contribution >= 4 is 17.7 Å². The van der Waals surface area contributed by atoms with Gasteiger partial charge in [0.05, 0.1) is 0 Å². The Kier molecular flexibility index (Phi) is 3.58. The van der Waals surface area contributed by atoms with Crippen molar-refractivity contribution in [2.75, 3.05) is 6.54 Å². The van der Waals surface area contributed by atoms with Gasteiger partial charge in [-0.05, 0) is 18.7 Å². The van der Waals surface area contributed by atoms with Crippen molar-refractivity contribution in [1.82, 2.24) is 4.42 Å². The molecule has 3 nitrogen and oxygen atoms in total. The molecule has 1 atom stereocenters. The first kappa shape index (κ1) is 8.72. The van der Waals surface area contributed by atoms with Crippen molar-refractivity contribution in [3.8, 4) is 0 Å². The Morgan fingerprint density at radius 1 is 1.89 bits per heavy atom. The summed E-state index contributed by atoms with van der Waals surface area (Å²) in [4.78, 5) is 10.2. The molecule has 0 heterocycles.